The Balaban J connectivity index is 1.59. The third-order valence-corrected chi connectivity index (χ3v) is 4.77. The maximum Gasteiger partial charge on any atom is 0.291 e. The first-order chi connectivity index (χ1) is 14.4. The zero-order valence-electron chi connectivity index (χ0n) is 16.6. The summed E-state index contributed by atoms with van der Waals surface area (Å²) in [5.74, 6) is 0.662. The van der Waals surface area contributed by atoms with Gasteiger partial charge in [0.25, 0.3) is 11.6 Å². The molecule has 1 amide bonds. The normalized spacial score (nSPS) is 11.7. The van der Waals surface area contributed by atoms with Crippen molar-refractivity contribution in [2.75, 3.05) is 5.32 Å². The zero-order chi connectivity index (χ0) is 21.7. The van der Waals surface area contributed by atoms with Crippen LogP contribution in [0.1, 0.15) is 48.1 Å². The lowest BCUT2D eigenvalue weighted by Crippen LogP contribution is -2.11. The number of aromatic hydroxyl groups is 1. The van der Waals surface area contributed by atoms with Crippen molar-refractivity contribution in [2.45, 2.75) is 32.8 Å². The Hall–Kier alpha value is -3.81. The predicted octanol–water partition coefficient (Wildman–Crippen LogP) is 5.24. The van der Waals surface area contributed by atoms with E-state index in [1.54, 1.807) is 6.07 Å². The molecule has 0 saturated carbocycles. The van der Waals surface area contributed by atoms with E-state index in [1.165, 1.54) is 23.8 Å². The number of nitro benzene ring substituents is 1. The van der Waals surface area contributed by atoms with E-state index in [9.17, 15) is 20.0 Å². The van der Waals surface area contributed by atoms with E-state index < -0.39 is 16.6 Å². The van der Waals surface area contributed by atoms with Crippen molar-refractivity contribution in [3.8, 4) is 11.5 Å². The first-order valence-electron chi connectivity index (χ1n) is 9.47. The third-order valence-electron chi connectivity index (χ3n) is 4.77. The summed E-state index contributed by atoms with van der Waals surface area (Å²) in [6, 6.07) is 14.4. The molecule has 0 aliphatic rings. The maximum absolute atomic E-state index is 12.3. The summed E-state index contributed by atoms with van der Waals surface area (Å²) in [5.41, 5.74) is 1.01. The van der Waals surface area contributed by atoms with E-state index >= 15 is 0 Å². The molecule has 0 aliphatic carbocycles. The molecule has 0 radical (unpaired) electrons. The minimum absolute atomic E-state index is 0.0264. The molecule has 1 unspecified atom stereocenters. The van der Waals surface area contributed by atoms with Crippen molar-refractivity contribution >= 4 is 17.3 Å². The quantitative estimate of drug-likeness (QED) is 0.298. The number of phenolic OH excluding ortho intramolecular Hbond substituents is 1. The summed E-state index contributed by atoms with van der Waals surface area (Å²) in [5, 5.41) is 23.0. The Morgan fingerprint density at radius 2 is 1.93 bits per heavy atom. The van der Waals surface area contributed by atoms with Gasteiger partial charge in [-0.25, -0.2) is 0 Å². The lowest BCUT2D eigenvalue weighted by atomic mass is 9.99. The highest BCUT2D eigenvalue weighted by molar-refractivity contribution is 6.03. The highest BCUT2D eigenvalue weighted by Gasteiger charge is 2.16. The zero-order valence-corrected chi connectivity index (χ0v) is 16.6. The first-order valence-corrected chi connectivity index (χ1v) is 9.47. The van der Waals surface area contributed by atoms with Crippen molar-refractivity contribution in [3.05, 3.63) is 81.8 Å². The van der Waals surface area contributed by atoms with Gasteiger partial charge in [-0.2, -0.15) is 0 Å². The van der Waals surface area contributed by atoms with E-state index in [0.29, 0.717) is 17.4 Å². The van der Waals surface area contributed by atoms with Crippen LogP contribution in [0.4, 0.5) is 11.4 Å². The number of carbonyl (C=O) groups is 1. The van der Waals surface area contributed by atoms with Crippen LogP contribution in [-0.2, 0) is 6.61 Å². The fraction of sp³-hybridized carbons (Fsp3) is 0.227. The van der Waals surface area contributed by atoms with Crippen LogP contribution in [0.15, 0.2) is 59.0 Å². The molecular weight excluding hydrogens is 388 g/mol. The molecule has 0 fully saturated rings. The molecule has 3 aromatic rings. The summed E-state index contributed by atoms with van der Waals surface area (Å²) in [7, 11) is 0. The van der Waals surface area contributed by atoms with Gasteiger partial charge >= 0.3 is 0 Å². The van der Waals surface area contributed by atoms with Gasteiger partial charge in [-0.1, -0.05) is 26.0 Å². The van der Waals surface area contributed by atoms with Crippen LogP contribution in [0.5, 0.6) is 11.5 Å². The molecule has 0 saturated heterocycles. The predicted molar refractivity (Wildman–Crippen MR) is 111 cm³/mol. The van der Waals surface area contributed by atoms with E-state index in [0.717, 1.165) is 12.5 Å². The van der Waals surface area contributed by atoms with Crippen LogP contribution in [0.25, 0.3) is 0 Å². The van der Waals surface area contributed by atoms with Gasteiger partial charge in [0.1, 0.15) is 23.9 Å². The Kier molecular flexibility index (Phi) is 6.36. The van der Waals surface area contributed by atoms with Gasteiger partial charge in [-0.15, -0.1) is 0 Å². The lowest BCUT2D eigenvalue weighted by molar-refractivity contribution is -0.384. The summed E-state index contributed by atoms with van der Waals surface area (Å²) in [6.45, 7) is 4.46. The molecule has 0 bridgehead atoms. The average molecular weight is 410 g/mol. The van der Waals surface area contributed by atoms with Crippen molar-refractivity contribution in [2.24, 2.45) is 0 Å². The second-order valence-corrected chi connectivity index (χ2v) is 6.85. The fourth-order valence-electron chi connectivity index (χ4n) is 2.78. The van der Waals surface area contributed by atoms with Crippen LogP contribution >= 0.6 is 0 Å². The van der Waals surface area contributed by atoms with Crippen LogP contribution in [-0.4, -0.2) is 15.9 Å². The smallest absolute Gasteiger partial charge is 0.291 e. The summed E-state index contributed by atoms with van der Waals surface area (Å²) in [6.07, 6.45) is 1.06. The van der Waals surface area contributed by atoms with E-state index in [-0.39, 0.29) is 23.7 Å². The number of hydrogen-bond donors (Lipinski definition) is 2. The number of nitrogens with one attached hydrogen (secondary N) is 1. The third kappa shape index (κ3) is 4.96. The van der Waals surface area contributed by atoms with Gasteiger partial charge in [0, 0.05) is 6.07 Å². The van der Waals surface area contributed by atoms with Gasteiger partial charge in [0.05, 0.1) is 16.7 Å². The lowest BCUT2D eigenvalue weighted by Gasteiger charge is -2.10. The van der Waals surface area contributed by atoms with E-state index in [1.807, 2.05) is 24.3 Å². The molecule has 1 atom stereocenters. The van der Waals surface area contributed by atoms with Crippen LogP contribution < -0.4 is 10.1 Å². The number of non-ortho nitro benzene ring substituents is 1. The largest absolute Gasteiger partial charge is 0.506 e. The van der Waals surface area contributed by atoms with Crippen molar-refractivity contribution in [3.63, 3.8) is 0 Å². The Morgan fingerprint density at radius 1 is 1.20 bits per heavy atom. The summed E-state index contributed by atoms with van der Waals surface area (Å²) in [4.78, 5) is 22.4. The number of rotatable bonds is 8. The molecular formula is C22H22N2O6. The minimum atomic E-state index is -0.637. The number of hydrogen-bond acceptors (Lipinski definition) is 6. The number of amides is 1. The molecule has 2 aromatic carbocycles. The molecule has 1 aromatic heterocycles. The Labute approximate surface area is 173 Å². The number of furan rings is 1. The van der Waals surface area contributed by atoms with Crippen LogP contribution in [0, 0.1) is 10.1 Å². The second-order valence-electron chi connectivity index (χ2n) is 6.85. The second kappa shape index (κ2) is 9.13. The molecule has 8 heteroatoms. The maximum atomic E-state index is 12.3. The molecule has 0 spiro atoms. The number of nitrogens with zero attached hydrogens (tertiary/aromatic N) is 1. The highest BCUT2D eigenvalue weighted by atomic mass is 16.6. The molecule has 2 N–H and O–H groups in total. The number of anilines is 1. The van der Waals surface area contributed by atoms with Crippen molar-refractivity contribution < 1.29 is 24.0 Å². The van der Waals surface area contributed by atoms with Crippen LogP contribution in [0.2, 0.25) is 0 Å². The van der Waals surface area contributed by atoms with Gasteiger partial charge in [-0.05, 0) is 48.2 Å². The minimum Gasteiger partial charge on any atom is -0.506 e. The average Bonchev–Trinajstić information content (AvgIpc) is 3.22. The van der Waals surface area contributed by atoms with Gasteiger partial charge < -0.3 is 19.6 Å². The molecule has 8 nitrogen and oxygen atoms in total. The standard InChI is InChI=1S/C22H22N2O6/c1-3-14(2)15-4-7-17(8-5-15)29-13-18-9-11-21(30-18)22(26)23-19-10-6-16(24(27)28)12-20(19)25/h4-12,14,25H,3,13H2,1-2H3,(H,23,26). The molecule has 1 heterocycles. The van der Waals surface area contributed by atoms with Gasteiger partial charge in [0.15, 0.2) is 5.76 Å². The Morgan fingerprint density at radius 3 is 2.57 bits per heavy atom. The first kappa shape index (κ1) is 20.9. The number of ether oxygens (including phenoxy) is 1. The van der Waals surface area contributed by atoms with Gasteiger partial charge in [0.2, 0.25) is 0 Å². The summed E-state index contributed by atoms with van der Waals surface area (Å²) >= 11 is 0. The fourth-order valence-corrected chi connectivity index (χ4v) is 2.78. The molecule has 30 heavy (non-hydrogen) atoms. The number of nitro groups is 1. The topological polar surface area (TPSA) is 115 Å². The monoisotopic (exact) mass is 410 g/mol. The van der Waals surface area contributed by atoms with E-state index in [2.05, 4.69) is 19.2 Å². The summed E-state index contributed by atoms with van der Waals surface area (Å²) < 4.78 is 11.2. The SMILES string of the molecule is CCC(C)c1ccc(OCc2ccc(C(=O)Nc3ccc([N+](=O)[O-])cc3O)o2)cc1. The number of carbonyl (C=O) groups excluding carboxylic acids is 1. The van der Waals surface area contributed by atoms with Gasteiger partial charge in [-0.3, -0.25) is 14.9 Å². The van der Waals surface area contributed by atoms with Crippen molar-refractivity contribution in [1.29, 1.82) is 0 Å². The number of benzene rings is 2. The Bertz CT molecular complexity index is 1040. The van der Waals surface area contributed by atoms with E-state index in [4.69, 9.17) is 9.15 Å². The highest BCUT2D eigenvalue weighted by Crippen LogP contribution is 2.28. The number of phenols is 1. The molecule has 0 aliphatic heterocycles. The van der Waals surface area contributed by atoms with Crippen LogP contribution in [0.3, 0.4) is 0 Å². The molecule has 156 valence electrons. The molecule has 3 rings (SSSR count). The van der Waals surface area contributed by atoms with Crippen molar-refractivity contribution in [1.82, 2.24) is 0 Å².